The van der Waals surface area contributed by atoms with E-state index in [1.54, 1.807) is 39.0 Å². The number of carboxylic acid groups (broad SMARTS) is 1. The zero-order valence-electron chi connectivity index (χ0n) is 15.3. The van der Waals surface area contributed by atoms with Gasteiger partial charge < -0.3 is 9.63 Å². The van der Waals surface area contributed by atoms with Crippen molar-refractivity contribution in [2.45, 2.75) is 34.6 Å². The first kappa shape index (κ1) is 17.8. The van der Waals surface area contributed by atoms with Gasteiger partial charge in [0, 0.05) is 5.56 Å². The maximum atomic E-state index is 14.7. The number of halogens is 1. The Bertz CT molecular complexity index is 1010. The largest absolute Gasteiger partial charge is 0.478 e. The van der Waals surface area contributed by atoms with Crippen molar-refractivity contribution < 1.29 is 18.8 Å². The summed E-state index contributed by atoms with van der Waals surface area (Å²) in [5.41, 5.74) is 4.57. The van der Waals surface area contributed by atoms with Crippen LogP contribution in [-0.4, -0.2) is 21.2 Å². The third-order valence-electron chi connectivity index (χ3n) is 4.73. The van der Waals surface area contributed by atoms with Crippen molar-refractivity contribution in [3.8, 4) is 22.8 Å². The highest BCUT2D eigenvalue weighted by molar-refractivity contribution is 5.92. The Morgan fingerprint density at radius 2 is 1.69 bits per heavy atom. The number of carboxylic acids is 1. The van der Waals surface area contributed by atoms with Gasteiger partial charge in [-0.3, -0.25) is 0 Å². The Morgan fingerprint density at radius 3 is 2.35 bits per heavy atom. The quantitative estimate of drug-likeness (QED) is 0.732. The standard InChI is InChI=1S/C20H19FN2O3/c1-9-6-7-14(20(24)25)13(5)15(9)18-22-19(26-23-18)16-12(4)10(2)8-11(3)17(16)21/h6-8H,1-5H3,(H,24,25). The molecule has 0 atom stereocenters. The van der Waals surface area contributed by atoms with Crippen molar-refractivity contribution in [3.63, 3.8) is 0 Å². The van der Waals surface area contributed by atoms with E-state index >= 15 is 0 Å². The van der Waals surface area contributed by atoms with Crippen molar-refractivity contribution in [1.82, 2.24) is 10.1 Å². The minimum atomic E-state index is -1.02. The molecule has 0 unspecified atom stereocenters. The summed E-state index contributed by atoms with van der Waals surface area (Å²) in [4.78, 5) is 15.8. The summed E-state index contributed by atoms with van der Waals surface area (Å²) in [5, 5.41) is 13.3. The minimum absolute atomic E-state index is 0.0846. The van der Waals surface area contributed by atoms with Crippen LogP contribution in [0.3, 0.4) is 0 Å². The van der Waals surface area contributed by atoms with Gasteiger partial charge in [0.05, 0.1) is 11.1 Å². The molecular formula is C20H19FN2O3. The lowest BCUT2D eigenvalue weighted by Crippen LogP contribution is -2.03. The van der Waals surface area contributed by atoms with E-state index in [0.717, 1.165) is 16.7 Å². The molecule has 0 aliphatic rings. The molecule has 3 rings (SSSR count). The second kappa shape index (κ2) is 6.37. The van der Waals surface area contributed by atoms with Gasteiger partial charge in [0.1, 0.15) is 5.82 Å². The number of aromatic carboxylic acids is 1. The minimum Gasteiger partial charge on any atom is -0.478 e. The van der Waals surface area contributed by atoms with Crippen LogP contribution in [-0.2, 0) is 0 Å². The molecule has 0 saturated heterocycles. The van der Waals surface area contributed by atoms with Gasteiger partial charge in [-0.15, -0.1) is 0 Å². The molecule has 2 aromatic carbocycles. The van der Waals surface area contributed by atoms with Crippen molar-refractivity contribution >= 4 is 5.97 Å². The lowest BCUT2D eigenvalue weighted by molar-refractivity contribution is 0.0696. The van der Waals surface area contributed by atoms with Crippen LogP contribution >= 0.6 is 0 Å². The molecule has 1 aromatic heterocycles. The van der Waals surface area contributed by atoms with Gasteiger partial charge in [0.2, 0.25) is 5.82 Å². The summed E-state index contributed by atoms with van der Waals surface area (Å²) >= 11 is 0. The van der Waals surface area contributed by atoms with Crippen LogP contribution in [0.15, 0.2) is 22.7 Å². The summed E-state index contributed by atoms with van der Waals surface area (Å²) in [6.07, 6.45) is 0. The highest BCUT2D eigenvalue weighted by atomic mass is 19.1. The Kier molecular flexibility index (Phi) is 4.36. The molecule has 0 spiro atoms. The van der Waals surface area contributed by atoms with Crippen molar-refractivity contribution in [2.24, 2.45) is 0 Å². The van der Waals surface area contributed by atoms with Gasteiger partial charge >= 0.3 is 5.97 Å². The second-order valence-electron chi connectivity index (χ2n) is 6.48. The predicted octanol–water partition coefficient (Wildman–Crippen LogP) is 4.78. The van der Waals surface area contributed by atoms with Crippen LogP contribution in [0.2, 0.25) is 0 Å². The maximum Gasteiger partial charge on any atom is 0.335 e. The fourth-order valence-corrected chi connectivity index (χ4v) is 3.16. The molecule has 26 heavy (non-hydrogen) atoms. The highest BCUT2D eigenvalue weighted by Crippen LogP contribution is 2.33. The molecule has 0 bridgehead atoms. The average molecular weight is 354 g/mol. The molecule has 1 N–H and O–H groups in total. The third kappa shape index (κ3) is 2.77. The van der Waals surface area contributed by atoms with Crippen LogP contribution < -0.4 is 0 Å². The summed E-state index contributed by atoms with van der Waals surface area (Å²) < 4.78 is 20.0. The summed E-state index contributed by atoms with van der Waals surface area (Å²) in [5.74, 6) is -1.09. The molecule has 0 aliphatic heterocycles. The summed E-state index contributed by atoms with van der Waals surface area (Å²) in [6.45, 7) is 8.93. The Hall–Kier alpha value is -3.02. The van der Waals surface area contributed by atoms with Gasteiger partial charge in [-0.05, 0) is 68.5 Å². The monoisotopic (exact) mass is 354 g/mol. The number of aryl methyl sites for hydroxylation is 3. The van der Waals surface area contributed by atoms with E-state index < -0.39 is 11.8 Å². The Morgan fingerprint density at radius 1 is 1.00 bits per heavy atom. The fourth-order valence-electron chi connectivity index (χ4n) is 3.16. The van der Waals surface area contributed by atoms with E-state index in [1.807, 2.05) is 13.8 Å². The van der Waals surface area contributed by atoms with Gasteiger partial charge in [0.25, 0.3) is 5.89 Å². The van der Waals surface area contributed by atoms with Crippen LogP contribution in [0, 0.1) is 40.4 Å². The molecule has 1 heterocycles. The maximum absolute atomic E-state index is 14.7. The van der Waals surface area contributed by atoms with Gasteiger partial charge in [-0.1, -0.05) is 17.3 Å². The zero-order chi connectivity index (χ0) is 19.2. The summed E-state index contributed by atoms with van der Waals surface area (Å²) in [7, 11) is 0. The predicted molar refractivity (Wildman–Crippen MR) is 95.8 cm³/mol. The van der Waals surface area contributed by atoms with E-state index in [4.69, 9.17) is 4.52 Å². The van der Waals surface area contributed by atoms with Gasteiger partial charge in [-0.2, -0.15) is 4.98 Å². The lowest BCUT2D eigenvalue weighted by atomic mass is 9.97. The first-order valence-corrected chi connectivity index (χ1v) is 8.16. The van der Waals surface area contributed by atoms with E-state index in [-0.39, 0.29) is 22.8 Å². The molecule has 134 valence electrons. The fraction of sp³-hybridized carbons (Fsp3) is 0.250. The van der Waals surface area contributed by atoms with E-state index in [9.17, 15) is 14.3 Å². The molecule has 0 saturated carbocycles. The topological polar surface area (TPSA) is 76.2 Å². The number of carbonyl (C=O) groups is 1. The molecule has 0 radical (unpaired) electrons. The number of rotatable bonds is 3. The van der Waals surface area contributed by atoms with E-state index in [0.29, 0.717) is 16.7 Å². The molecular weight excluding hydrogens is 335 g/mol. The normalized spacial score (nSPS) is 11.0. The molecule has 0 amide bonds. The smallest absolute Gasteiger partial charge is 0.335 e. The molecule has 3 aromatic rings. The molecule has 0 fully saturated rings. The first-order chi connectivity index (χ1) is 12.2. The van der Waals surface area contributed by atoms with E-state index in [2.05, 4.69) is 10.1 Å². The SMILES string of the molecule is Cc1cc(C)c(F)c(-c2nc(-c3c(C)ccc(C(=O)O)c3C)no2)c1C. The number of aromatic nitrogens is 2. The Balaban J connectivity index is 2.20. The average Bonchev–Trinajstić information content (AvgIpc) is 3.02. The Labute approximate surface area is 150 Å². The molecule has 6 heteroatoms. The number of hydrogen-bond donors (Lipinski definition) is 1. The van der Waals surface area contributed by atoms with Crippen molar-refractivity contribution in [3.05, 3.63) is 57.4 Å². The molecule has 0 aliphatic carbocycles. The zero-order valence-corrected chi connectivity index (χ0v) is 15.3. The second-order valence-corrected chi connectivity index (χ2v) is 6.48. The summed E-state index contributed by atoms with van der Waals surface area (Å²) in [6, 6.07) is 5.02. The third-order valence-corrected chi connectivity index (χ3v) is 4.73. The number of benzene rings is 2. The lowest BCUT2D eigenvalue weighted by Gasteiger charge is -2.09. The van der Waals surface area contributed by atoms with E-state index in [1.165, 1.54) is 0 Å². The van der Waals surface area contributed by atoms with Crippen molar-refractivity contribution in [1.29, 1.82) is 0 Å². The van der Waals surface area contributed by atoms with Crippen LogP contribution in [0.5, 0.6) is 0 Å². The van der Waals surface area contributed by atoms with Crippen LogP contribution in [0.25, 0.3) is 22.8 Å². The van der Waals surface area contributed by atoms with Crippen LogP contribution in [0.1, 0.15) is 38.2 Å². The molecule has 5 nitrogen and oxygen atoms in total. The highest BCUT2D eigenvalue weighted by Gasteiger charge is 2.22. The number of nitrogens with zero attached hydrogens (tertiary/aromatic N) is 2. The van der Waals surface area contributed by atoms with Gasteiger partial charge in [0.15, 0.2) is 0 Å². The number of hydrogen-bond acceptors (Lipinski definition) is 4. The first-order valence-electron chi connectivity index (χ1n) is 8.16. The van der Waals surface area contributed by atoms with Crippen molar-refractivity contribution in [2.75, 3.05) is 0 Å². The van der Waals surface area contributed by atoms with Gasteiger partial charge in [-0.25, -0.2) is 9.18 Å². The van der Waals surface area contributed by atoms with Crippen LogP contribution in [0.4, 0.5) is 4.39 Å².